The van der Waals surface area contributed by atoms with Crippen LogP contribution in [0.25, 0.3) is 5.57 Å². The Bertz CT molecular complexity index is 396. The molecule has 3 heteroatoms. The van der Waals surface area contributed by atoms with Crippen molar-refractivity contribution in [3.63, 3.8) is 0 Å². The number of hydrogen-bond acceptors (Lipinski definition) is 3. The molecule has 0 bridgehead atoms. The number of ether oxygens (including phenoxy) is 1. The highest BCUT2D eigenvalue weighted by molar-refractivity contribution is 6.22. The molecule has 0 fully saturated rings. The lowest BCUT2D eigenvalue weighted by molar-refractivity contribution is -0.113. The number of rotatable bonds is 2. The molecule has 0 aromatic carbocycles. The summed E-state index contributed by atoms with van der Waals surface area (Å²) in [5, 5.41) is 0. The first kappa shape index (κ1) is 8.94. The zero-order valence-corrected chi connectivity index (χ0v) is 7.99. The largest absolute Gasteiger partial charge is 0.481 e. The number of nitrogens with zero attached hydrogens (tertiary/aromatic N) is 1. The molecule has 0 spiro atoms. The topological polar surface area (TPSA) is 39.2 Å². The van der Waals surface area contributed by atoms with E-state index in [1.807, 2.05) is 12.1 Å². The van der Waals surface area contributed by atoms with Crippen LogP contribution < -0.4 is 4.74 Å². The van der Waals surface area contributed by atoms with E-state index in [2.05, 4.69) is 4.98 Å². The van der Waals surface area contributed by atoms with Crippen LogP contribution in [0.4, 0.5) is 0 Å². The van der Waals surface area contributed by atoms with Crippen molar-refractivity contribution in [2.75, 3.05) is 7.11 Å². The molecule has 3 nitrogen and oxygen atoms in total. The molecular weight excluding hydrogens is 178 g/mol. The molecule has 0 amide bonds. The van der Waals surface area contributed by atoms with E-state index in [0.717, 1.165) is 17.6 Å². The number of pyridine rings is 1. The summed E-state index contributed by atoms with van der Waals surface area (Å²) >= 11 is 0. The fraction of sp³-hybridized carbons (Fsp3) is 0.273. The molecule has 1 aromatic heterocycles. The molecule has 1 heterocycles. The maximum absolute atomic E-state index is 11.4. The SMILES string of the molecule is COc1cc(C2=CCCC2=O)ccn1. The van der Waals surface area contributed by atoms with Gasteiger partial charge >= 0.3 is 0 Å². The number of ketones is 1. The molecule has 72 valence electrons. The van der Waals surface area contributed by atoms with Crippen molar-refractivity contribution in [2.45, 2.75) is 12.8 Å². The minimum absolute atomic E-state index is 0.207. The second-order valence-corrected chi connectivity index (χ2v) is 3.17. The summed E-state index contributed by atoms with van der Waals surface area (Å²) in [7, 11) is 1.57. The number of hydrogen-bond donors (Lipinski definition) is 0. The van der Waals surface area contributed by atoms with E-state index in [1.165, 1.54) is 0 Å². The average molecular weight is 189 g/mol. The molecule has 0 atom stereocenters. The fourth-order valence-electron chi connectivity index (χ4n) is 1.56. The van der Waals surface area contributed by atoms with E-state index in [-0.39, 0.29) is 5.78 Å². The standard InChI is InChI=1S/C11H11NO2/c1-14-11-7-8(5-6-12-11)9-3-2-4-10(9)13/h3,5-7H,2,4H2,1H3. The second kappa shape index (κ2) is 3.62. The van der Waals surface area contributed by atoms with Crippen molar-refractivity contribution in [3.05, 3.63) is 30.0 Å². The number of carbonyl (C=O) groups excluding carboxylic acids is 1. The van der Waals surface area contributed by atoms with Gasteiger partial charge in [-0.1, -0.05) is 6.08 Å². The monoisotopic (exact) mass is 189 g/mol. The Kier molecular flexibility index (Phi) is 2.31. The number of Topliss-reactive ketones (excluding diaryl/α,β-unsaturated/α-hetero) is 1. The molecule has 0 saturated carbocycles. The lowest BCUT2D eigenvalue weighted by Gasteiger charge is -2.02. The quantitative estimate of drug-likeness (QED) is 0.712. The van der Waals surface area contributed by atoms with E-state index in [1.54, 1.807) is 19.4 Å². The normalized spacial score (nSPS) is 15.5. The Morgan fingerprint density at radius 3 is 3.00 bits per heavy atom. The van der Waals surface area contributed by atoms with Gasteiger partial charge in [-0.15, -0.1) is 0 Å². The Labute approximate surface area is 82.4 Å². The molecule has 1 aromatic rings. The third-order valence-corrected chi connectivity index (χ3v) is 2.28. The van der Waals surface area contributed by atoms with Gasteiger partial charge in [0, 0.05) is 24.3 Å². The summed E-state index contributed by atoms with van der Waals surface area (Å²) in [4.78, 5) is 15.4. The highest BCUT2D eigenvalue weighted by Gasteiger charge is 2.16. The zero-order valence-electron chi connectivity index (χ0n) is 7.99. The van der Waals surface area contributed by atoms with Crippen molar-refractivity contribution in [2.24, 2.45) is 0 Å². The van der Waals surface area contributed by atoms with Gasteiger partial charge < -0.3 is 4.74 Å². The number of carbonyl (C=O) groups is 1. The highest BCUT2D eigenvalue weighted by Crippen LogP contribution is 2.25. The van der Waals surface area contributed by atoms with Crippen LogP contribution >= 0.6 is 0 Å². The van der Waals surface area contributed by atoms with Crippen LogP contribution in [-0.4, -0.2) is 17.9 Å². The van der Waals surface area contributed by atoms with Crippen LogP contribution in [0.1, 0.15) is 18.4 Å². The van der Waals surface area contributed by atoms with Crippen LogP contribution in [-0.2, 0) is 4.79 Å². The summed E-state index contributed by atoms with van der Waals surface area (Å²) in [6.45, 7) is 0. The van der Waals surface area contributed by atoms with Crippen molar-refractivity contribution < 1.29 is 9.53 Å². The predicted octanol–water partition coefficient (Wildman–Crippen LogP) is 1.84. The minimum atomic E-state index is 0.207. The molecule has 0 saturated heterocycles. The van der Waals surface area contributed by atoms with Gasteiger partial charge in [0.1, 0.15) is 0 Å². The van der Waals surface area contributed by atoms with Gasteiger partial charge in [0.05, 0.1) is 7.11 Å². The van der Waals surface area contributed by atoms with E-state index in [9.17, 15) is 4.79 Å². The van der Waals surface area contributed by atoms with Crippen LogP contribution in [0.2, 0.25) is 0 Å². The molecule has 0 N–H and O–H groups in total. The molecule has 14 heavy (non-hydrogen) atoms. The summed E-state index contributed by atoms with van der Waals surface area (Å²) in [6, 6.07) is 3.62. The number of allylic oxidation sites excluding steroid dienone is 2. The maximum atomic E-state index is 11.4. The van der Waals surface area contributed by atoms with Crippen LogP contribution in [0.5, 0.6) is 5.88 Å². The summed E-state index contributed by atoms with van der Waals surface area (Å²) in [6.07, 6.45) is 5.09. The van der Waals surface area contributed by atoms with Crippen molar-refractivity contribution in [1.29, 1.82) is 0 Å². The molecule has 1 aliphatic carbocycles. The molecule has 0 unspecified atom stereocenters. The maximum Gasteiger partial charge on any atom is 0.213 e. The lowest BCUT2D eigenvalue weighted by atomic mass is 10.1. The summed E-state index contributed by atoms with van der Waals surface area (Å²) in [5.74, 6) is 0.751. The van der Waals surface area contributed by atoms with Crippen LogP contribution in [0, 0.1) is 0 Å². The minimum Gasteiger partial charge on any atom is -0.481 e. The van der Waals surface area contributed by atoms with E-state index in [0.29, 0.717) is 12.3 Å². The van der Waals surface area contributed by atoms with Gasteiger partial charge in [-0.05, 0) is 18.1 Å². The van der Waals surface area contributed by atoms with Crippen molar-refractivity contribution in [1.82, 2.24) is 4.98 Å². The Morgan fingerprint density at radius 2 is 2.36 bits per heavy atom. The van der Waals surface area contributed by atoms with Crippen LogP contribution in [0.15, 0.2) is 24.4 Å². The van der Waals surface area contributed by atoms with Gasteiger partial charge in [0.25, 0.3) is 0 Å². The summed E-state index contributed by atoms with van der Waals surface area (Å²) < 4.78 is 5.00. The molecule has 1 aliphatic rings. The summed E-state index contributed by atoms with van der Waals surface area (Å²) in [5.41, 5.74) is 1.70. The Balaban J connectivity index is 2.36. The molecule has 2 rings (SSSR count). The first-order valence-corrected chi connectivity index (χ1v) is 4.55. The Hall–Kier alpha value is -1.64. The fourth-order valence-corrected chi connectivity index (χ4v) is 1.56. The van der Waals surface area contributed by atoms with Crippen molar-refractivity contribution >= 4 is 11.4 Å². The first-order valence-electron chi connectivity index (χ1n) is 4.55. The highest BCUT2D eigenvalue weighted by atomic mass is 16.5. The first-order chi connectivity index (χ1) is 6.81. The third-order valence-electron chi connectivity index (χ3n) is 2.28. The van der Waals surface area contributed by atoms with Gasteiger partial charge in [0.15, 0.2) is 5.78 Å². The van der Waals surface area contributed by atoms with E-state index >= 15 is 0 Å². The van der Waals surface area contributed by atoms with E-state index in [4.69, 9.17) is 4.74 Å². The lowest BCUT2D eigenvalue weighted by Crippen LogP contribution is -1.96. The van der Waals surface area contributed by atoms with Gasteiger partial charge in [-0.3, -0.25) is 4.79 Å². The van der Waals surface area contributed by atoms with Crippen molar-refractivity contribution in [3.8, 4) is 5.88 Å². The zero-order chi connectivity index (χ0) is 9.97. The van der Waals surface area contributed by atoms with Gasteiger partial charge in [-0.25, -0.2) is 4.98 Å². The van der Waals surface area contributed by atoms with Gasteiger partial charge in [0.2, 0.25) is 5.88 Å². The van der Waals surface area contributed by atoms with E-state index < -0.39 is 0 Å². The predicted molar refractivity (Wildman–Crippen MR) is 53.0 cm³/mol. The molecular formula is C11H11NO2. The smallest absolute Gasteiger partial charge is 0.213 e. The van der Waals surface area contributed by atoms with Crippen LogP contribution in [0.3, 0.4) is 0 Å². The third kappa shape index (κ3) is 1.53. The van der Waals surface area contributed by atoms with Gasteiger partial charge in [-0.2, -0.15) is 0 Å². The number of methoxy groups -OCH3 is 1. The molecule has 0 aliphatic heterocycles. The Morgan fingerprint density at radius 1 is 1.50 bits per heavy atom. The average Bonchev–Trinajstić information content (AvgIpc) is 2.65. The molecule has 0 radical (unpaired) electrons. The number of aromatic nitrogens is 1. The second-order valence-electron chi connectivity index (χ2n) is 3.17.